The summed E-state index contributed by atoms with van der Waals surface area (Å²) in [6.07, 6.45) is 2.79. The minimum Gasteiger partial charge on any atom is -0.455 e. The molecule has 9 heteroatoms. The molecule has 0 aromatic heterocycles. The predicted molar refractivity (Wildman–Crippen MR) is 96.8 cm³/mol. The van der Waals surface area contributed by atoms with E-state index in [1.807, 2.05) is 6.92 Å². The summed E-state index contributed by atoms with van der Waals surface area (Å²) in [5, 5.41) is 2.65. The Labute approximate surface area is 158 Å². The number of halogens is 1. The zero-order valence-electron chi connectivity index (χ0n) is 15.3. The van der Waals surface area contributed by atoms with Gasteiger partial charge in [-0.3, -0.25) is 9.59 Å². The van der Waals surface area contributed by atoms with Crippen LogP contribution in [0, 0.1) is 11.7 Å². The van der Waals surface area contributed by atoms with Crippen molar-refractivity contribution in [1.29, 1.82) is 0 Å². The maximum Gasteiger partial charge on any atom is 0.310 e. The van der Waals surface area contributed by atoms with E-state index in [1.54, 1.807) is 0 Å². The van der Waals surface area contributed by atoms with E-state index >= 15 is 0 Å². The van der Waals surface area contributed by atoms with Crippen molar-refractivity contribution in [3.05, 3.63) is 30.1 Å². The average Bonchev–Trinajstić information content (AvgIpc) is 2.67. The van der Waals surface area contributed by atoms with Gasteiger partial charge in [0.1, 0.15) is 5.82 Å². The lowest BCUT2D eigenvalue weighted by Crippen LogP contribution is -2.43. The molecule has 1 N–H and O–H groups in total. The van der Waals surface area contributed by atoms with Gasteiger partial charge in [-0.15, -0.1) is 0 Å². The van der Waals surface area contributed by atoms with Crippen molar-refractivity contribution < 1.29 is 27.1 Å². The number of sulfonamides is 1. The van der Waals surface area contributed by atoms with E-state index in [9.17, 15) is 22.4 Å². The molecule has 0 spiro atoms. The maximum absolute atomic E-state index is 13.0. The molecule has 1 aromatic rings. The second-order valence-electron chi connectivity index (χ2n) is 6.47. The SMILES string of the molecule is CCCCNC(=O)COC(=O)C1CCCN(S(=O)(=O)c2ccc(F)cc2)C1. The molecule has 0 saturated carbocycles. The van der Waals surface area contributed by atoms with Gasteiger partial charge in [-0.1, -0.05) is 13.3 Å². The van der Waals surface area contributed by atoms with Crippen LogP contribution in [0.5, 0.6) is 0 Å². The molecule has 1 unspecified atom stereocenters. The summed E-state index contributed by atoms with van der Waals surface area (Å²) in [4.78, 5) is 23.8. The number of piperidine rings is 1. The zero-order valence-corrected chi connectivity index (χ0v) is 16.1. The van der Waals surface area contributed by atoms with Crippen molar-refractivity contribution in [1.82, 2.24) is 9.62 Å². The molecule has 1 aliphatic heterocycles. The van der Waals surface area contributed by atoms with Crippen LogP contribution >= 0.6 is 0 Å². The van der Waals surface area contributed by atoms with Crippen LogP contribution in [0.1, 0.15) is 32.6 Å². The van der Waals surface area contributed by atoms with E-state index in [2.05, 4.69) is 5.32 Å². The first-order valence-corrected chi connectivity index (χ1v) is 10.5. The normalized spacial score (nSPS) is 18.1. The van der Waals surface area contributed by atoms with E-state index in [0.29, 0.717) is 19.4 Å². The Bertz CT molecular complexity index is 752. The number of hydrogen-bond donors (Lipinski definition) is 1. The van der Waals surface area contributed by atoms with Gasteiger partial charge in [0, 0.05) is 19.6 Å². The van der Waals surface area contributed by atoms with Crippen molar-refractivity contribution in [3.63, 3.8) is 0 Å². The van der Waals surface area contributed by atoms with Gasteiger partial charge in [-0.05, 0) is 43.5 Å². The molecule has 150 valence electrons. The maximum atomic E-state index is 13.0. The Morgan fingerprint density at radius 1 is 1.30 bits per heavy atom. The standard InChI is InChI=1S/C18H25FN2O5S/c1-2-3-10-20-17(22)13-26-18(23)14-5-4-11-21(12-14)27(24,25)16-8-6-15(19)7-9-16/h6-9,14H,2-5,10-13H2,1H3,(H,20,22). The van der Waals surface area contributed by atoms with Gasteiger partial charge < -0.3 is 10.1 Å². The number of benzene rings is 1. The Morgan fingerprint density at radius 2 is 2.00 bits per heavy atom. The number of nitrogens with zero attached hydrogens (tertiary/aromatic N) is 1. The van der Waals surface area contributed by atoms with E-state index in [1.165, 1.54) is 16.4 Å². The fourth-order valence-corrected chi connectivity index (χ4v) is 4.34. The summed E-state index contributed by atoms with van der Waals surface area (Å²) in [6, 6.07) is 4.57. The molecule has 1 saturated heterocycles. The zero-order chi connectivity index (χ0) is 19.9. The first-order chi connectivity index (χ1) is 12.8. The van der Waals surface area contributed by atoms with Gasteiger partial charge in [0.15, 0.2) is 6.61 Å². The molecule has 0 aliphatic carbocycles. The number of carbonyl (C=O) groups excluding carboxylic acids is 2. The first kappa shape index (κ1) is 21.3. The Kier molecular flexibility index (Phi) is 7.73. The van der Waals surface area contributed by atoms with Gasteiger partial charge in [0.05, 0.1) is 10.8 Å². The fraction of sp³-hybridized carbons (Fsp3) is 0.556. The Morgan fingerprint density at radius 3 is 2.67 bits per heavy atom. The Hall–Kier alpha value is -2.00. The molecule has 2 rings (SSSR count). The number of hydrogen-bond acceptors (Lipinski definition) is 5. The van der Waals surface area contributed by atoms with Crippen LogP contribution in [0.25, 0.3) is 0 Å². The van der Waals surface area contributed by atoms with Crippen LogP contribution in [0.4, 0.5) is 4.39 Å². The van der Waals surface area contributed by atoms with Gasteiger partial charge in [-0.2, -0.15) is 4.31 Å². The highest BCUT2D eigenvalue weighted by molar-refractivity contribution is 7.89. The minimum atomic E-state index is -3.81. The van der Waals surface area contributed by atoms with Crippen molar-refractivity contribution >= 4 is 21.9 Å². The third-order valence-electron chi connectivity index (χ3n) is 4.37. The molecule has 1 amide bonds. The highest BCUT2D eigenvalue weighted by Crippen LogP contribution is 2.24. The molecule has 1 heterocycles. The number of nitrogens with one attached hydrogen (secondary N) is 1. The molecular weight excluding hydrogens is 375 g/mol. The molecule has 1 aromatic carbocycles. The van der Waals surface area contributed by atoms with E-state index < -0.39 is 27.7 Å². The van der Waals surface area contributed by atoms with E-state index in [4.69, 9.17) is 4.74 Å². The van der Waals surface area contributed by atoms with Gasteiger partial charge in [-0.25, -0.2) is 12.8 Å². The highest BCUT2D eigenvalue weighted by atomic mass is 32.2. The third kappa shape index (κ3) is 6.00. The summed E-state index contributed by atoms with van der Waals surface area (Å²) >= 11 is 0. The first-order valence-electron chi connectivity index (χ1n) is 9.03. The largest absolute Gasteiger partial charge is 0.455 e. The summed E-state index contributed by atoms with van der Waals surface area (Å²) in [5.74, 6) is -2.10. The molecule has 0 radical (unpaired) electrons. The predicted octanol–water partition coefficient (Wildman–Crippen LogP) is 1.69. The van der Waals surface area contributed by atoms with Crippen LogP contribution in [0.2, 0.25) is 0 Å². The summed E-state index contributed by atoms with van der Waals surface area (Å²) < 4.78 is 44.6. The summed E-state index contributed by atoms with van der Waals surface area (Å²) in [5.41, 5.74) is 0. The minimum absolute atomic E-state index is 0.0179. The summed E-state index contributed by atoms with van der Waals surface area (Å²) in [6.45, 7) is 2.42. The Balaban J connectivity index is 1.92. The van der Waals surface area contributed by atoms with E-state index in [-0.39, 0.29) is 30.5 Å². The average molecular weight is 400 g/mol. The van der Waals surface area contributed by atoms with Crippen LogP contribution in [-0.4, -0.2) is 50.8 Å². The van der Waals surface area contributed by atoms with Gasteiger partial charge in [0.25, 0.3) is 5.91 Å². The molecular formula is C18H25FN2O5S. The van der Waals surface area contributed by atoms with Crippen LogP contribution in [0.3, 0.4) is 0 Å². The smallest absolute Gasteiger partial charge is 0.310 e. The molecule has 7 nitrogen and oxygen atoms in total. The number of carbonyl (C=O) groups is 2. The van der Waals surface area contributed by atoms with Crippen molar-refractivity contribution in [2.45, 2.75) is 37.5 Å². The number of esters is 1. The topological polar surface area (TPSA) is 92.8 Å². The third-order valence-corrected chi connectivity index (χ3v) is 6.25. The van der Waals surface area contributed by atoms with Crippen LogP contribution in [0.15, 0.2) is 29.2 Å². The molecule has 1 aliphatic rings. The van der Waals surface area contributed by atoms with Crippen LogP contribution < -0.4 is 5.32 Å². The second kappa shape index (κ2) is 9.80. The highest BCUT2D eigenvalue weighted by Gasteiger charge is 2.34. The lowest BCUT2D eigenvalue weighted by Gasteiger charge is -2.30. The molecule has 1 fully saturated rings. The summed E-state index contributed by atoms with van der Waals surface area (Å²) in [7, 11) is -3.81. The lowest BCUT2D eigenvalue weighted by molar-refractivity contribution is -0.153. The molecule has 0 bridgehead atoms. The number of rotatable bonds is 8. The van der Waals surface area contributed by atoms with Gasteiger partial charge in [0.2, 0.25) is 10.0 Å². The second-order valence-corrected chi connectivity index (χ2v) is 8.41. The number of amides is 1. The lowest BCUT2D eigenvalue weighted by atomic mass is 10.00. The van der Waals surface area contributed by atoms with Crippen LogP contribution in [-0.2, 0) is 24.3 Å². The monoisotopic (exact) mass is 400 g/mol. The molecule has 1 atom stereocenters. The van der Waals surface area contributed by atoms with Gasteiger partial charge >= 0.3 is 5.97 Å². The quantitative estimate of drug-likeness (QED) is 0.529. The van der Waals surface area contributed by atoms with E-state index in [0.717, 1.165) is 25.0 Å². The fourth-order valence-electron chi connectivity index (χ4n) is 2.82. The van der Waals surface area contributed by atoms with Crippen molar-refractivity contribution in [3.8, 4) is 0 Å². The molecule has 27 heavy (non-hydrogen) atoms. The number of ether oxygens (including phenoxy) is 1. The number of unbranched alkanes of at least 4 members (excludes halogenated alkanes) is 1. The van der Waals surface area contributed by atoms with Crippen molar-refractivity contribution in [2.75, 3.05) is 26.2 Å². The van der Waals surface area contributed by atoms with Crippen molar-refractivity contribution in [2.24, 2.45) is 5.92 Å².